The monoisotopic (exact) mass is 296 g/mol. The summed E-state index contributed by atoms with van der Waals surface area (Å²) in [6.45, 7) is 0. The van der Waals surface area contributed by atoms with E-state index in [2.05, 4.69) is 6.26 Å². The van der Waals surface area contributed by atoms with Crippen molar-refractivity contribution in [2.24, 2.45) is 0 Å². The summed E-state index contributed by atoms with van der Waals surface area (Å²) in [4.78, 5) is 10.2. The molecule has 0 saturated heterocycles. The molecule has 2 nitrogen and oxygen atoms in total. The molecule has 0 unspecified atom stereocenters. The second kappa shape index (κ2) is 18.8. The Morgan fingerprint density at radius 1 is 0.789 bits per heavy atom. The van der Waals surface area contributed by atoms with Crippen molar-refractivity contribution in [3.63, 3.8) is 0 Å². The summed E-state index contributed by atoms with van der Waals surface area (Å²) in [7, 11) is 0. The van der Waals surface area contributed by atoms with Crippen LogP contribution in [-0.2, 0) is 4.79 Å². The van der Waals surface area contributed by atoms with E-state index in [0.29, 0.717) is 0 Å². The number of carbonyl (C=O) groups excluding carboxylic acids is 1. The average Bonchev–Trinajstić information content (AvgIpc) is 2.34. The Kier molecular flexibility index (Phi) is 21.9. The SMILES string of the molecule is CSCCCCCCCCCCCCCC(=O)[O-].[Na+]. The molecule has 0 spiro atoms. The molecular weight excluding hydrogens is 267 g/mol. The average molecular weight is 296 g/mol. The molecule has 0 heterocycles. The third-order valence-electron chi connectivity index (χ3n) is 3.23. The number of carboxylic acids is 1. The summed E-state index contributed by atoms with van der Waals surface area (Å²) in [6, 6.07) is 0. The number of aliphatic carboxylic acids is 1. The fraction of sp³-hybridized carbons (Fsp3) is 0.933. The van der Waals surface area contributed by atoms with Crippen molar-refractivity contribution in [2.45, 2.75) is 77.0 Å². The molecule has 0 aliphatic carbocycles. The number of hydrogen-bond donors (Lipinski definition) is 0. The molecule has 0 aliphatic rings. The van der Waals surface area contributed by atoms with Crippen LogP contribution >= 0.6 is 11.8 Å². The zero-order chi connectivity index (χ0) is 13.5. The fourth-order valence-electron chi connectivity index (χ4n) is 2.11. The van der Waals surface area contributed by atoms with Crippen molar-refractivity contribution in [1.82, 2.24) is 0 Å². The van der Waals surface area contributed by atoms with Crippen molar-refractivity contribution in [3.8, 4) is 0 Å². The maximum atomic E-state index is 10.2. The second-order valence-electron chi connectivity index (χ2n) is 5.00. The number of unbranched alkanes of at least 4 members (excludes halogenated alkanes) is 10. The molecule has 0 atom stereocenters. The molecule has 0 aromatic rings. The van der Waals surface area contributed by atoms with E-state index in [1.165, 1.54) is 63.5 Å². The van der Waals surface area contributed by atoms with Crippen LogP contribution in [0.5, 0.6) is 0 Å². The Balaban J connectivity index is 0. The van der Waals surface area contributed by atoms with Crippen molar-refractivity contribution in [3.05, 3.63) is 0 Å². The van der Waals surface area contributed by atoms with Gasteiger partial charge in [-0.1, -0.05) is 57.8 Å². The van der Waals surface area contributed by atoms with Gasteiger partial charge in [0.15, 0.2) is 0 Å². The Labute approximate surface area is 145 Å². The van der Waals surface area contributed by atoms with Gasteiger partial charge in [-0.2, -0.15) is 11.8 Å². The number of thioether (sulfide) groups is 1. The van der Waals surface area contributed by atoms with Gasteiger partial charge in [-0.15, -0.1) is 0 Å². The van der Waals surface area contributed by atoms with E-state index in [4.69, 9.17) is 0 Å². The Morgan fingerprint density at radius 2 is 1.16 bits per heavy atom. The van der Waals surface area contributed by atoms with E-state index in [-0.39, 0.29) is 36.0 Å². The fourth-order valence-corrected chi connectivity index (χ4v) is 2.60. The normalized spacial score (nSPS) is 10.2. The van der Waals surface area contributed by atoms with Crippen LogP contribution in [0.25, 0.3) is 0 Å². The summed E-state index contributed by atoms with van der Waals surface area (Å²) < 4.78 is 0. The minimum absolute atomic E-state index is 0. The van der Waals surface area contributed by atoms with Crippen molar-refractivity contribution in [1.29, 1.82) is 0 Å². The maximum absolute atomic E-state index is 10.2. The van der Waals surface area contributed by atoms with E-state index in [0.717, 1.165) is 12.8 Å². The first-order valence-electron chi connectivity index (χ1n) is 7.46. The van der Waals surface area contributed by atoms with E-state index >= 15 is 0 Å². The van der Waals surface area contributed by atoms with Crippen LogP contribution in [0.2, 0.25) is 0 Å². The van der Waals surface area contributed by atoms with Gasteiger partial charge in [-0.3, -0.25) is 0 Å². The van der Waals surface area contributed by atoms with Gasteiger partial charge in [0.25, 0.3) is 0 Å². The van der Waals surface area contributed by atoms with Crippen molar-refractivity contribution in [2.75, 3.05) is 12.0 Å². The number of hydrogen-bond acceptors (Lipinski definition) is 3. The minimum atomic E-state index is -0.906. The maximum Gasteiger partial charge on any atom is 1.00 e. The summed E-state index contributed by atoms with van der Waals surface area (Å²) in [5.41, 5.74) is 0. The van der Waals surface area contributed by atoms with Gasteiger partial charge >= 0.3 is 29.6 Å². The first-order chi connectivity index (χ1) is 8.77. The number of rotatable bonds is 14. The number of carbonyl (C=O) groups is 1. The van der Waals surface area contributed by atoms with E-state index in [9.17, 15) is 9.90 Å². The van der Waals surface area contributed by atoms with Crippen LogP contribution in [0, 0.1) is 0 Å². The van der Waals surface area contributed by atoms with Gasteiger partial charge in [-0.05, 0) is 31.3 Å². The van der Waals surface area contributed by atoms with Gasteiger partial charge in [0.2, 0.25) is 0 Å². The van der Waals surface area contributed by atoms with Gasteiger partial charge in [0, 0.05) is 5.97 Å². The molecule has 0 aromatic heterocycles. The van der Waals surface area contributed by atoms with Crippen LogP contribution < -0.4 is 34.7 Å². The second-order valence-corrected chi connectivity index (χ2v) is 5.99. The predicted octanol–water partition coefficient (Wildman–Crippen LogP) is 0.785. The molecule has 0 saturated carbocycles. The smallest absolute Gasteiger partial charge is 0.550 e. The quantitative estimate of drug-likeness (QED) is 0.351. The summed E-state index contributed by atoms with van der Waals surface area (Å²) in [5.74, 6) is 0.405. The Bertz CT molecular complexity index is 189. The van der Waals surface area contributed by atoms with Gasteiger partial charge in [-0.25, -0.2) is 0 Å². The standard InChI is InChI=1S/C15H30O2S.Na/c1-18-14-12-10-8-6-4-2-3-5-7-9-11-13-15(16)17;/h2-14H2,1H3,(H,16,17);/q;+1/p-1. The van der Waals surface area contributed by atoms with Gasteiger partial charge in [0.05, 0.1) is 0 Å². The van der Waals surface area contributed by atoms with Crippen LogP contribution in [0.4, 0.5) is 0 Å². The molecule has 0 bridgehead atoms. The van der Waals surface area contributed by atoms with Crippen molar-refractivity contribution >= 4 is 17.7 Å². The van der Waals surface area contributed by atoms with Crippen LogP contribution in [0.15, 0.2) is 0 Å². The molecule has 4 heteroatoms. The topological polar surface area (TPSA) is 40.1 Å². The zero-order valence-corrected chi connectivity index (χ0v) is 15.7. The largest absolute Gasteiger partial charge is 1.00 e. The molecule has 0 N–H and O–H groups in total. The predicted molar refractivity (Wildman–Crippen MR) is 78.8 cm³/mol. The van der Waals surface area contributed by atoms with Gasteiger partial charge in [0.1, 0.15) is 0 Å². The summed E-state index contributed by atoms with van der Waals surface area (Å²) >= 11 is 1.94. The molecule has 108 valence electrons. The summed E-state index contributed by atoms with van der Waals surface area (Å²) in [5, 5.41) is 10.2. The number of carboxylic acid groups (broad SMARTS) is 1. The van der Waals surface area contributed by atoms with Crippen LogP contribution in [-0.4, -0.2) is 18.0 Å². The molecule has 0 fully saturated rings. The Hall–Kier alpha value is 0.820. The van der Waals surface area contributed by atoms with E-state index in [1.807, 2.05) is 11.8 Å². The minimum Gasteiger partial charge on any atom is -0.550 e. The first-order valence-corrected chi connectivity index (χ1v) is 8.85. The molecule has 19 heavy (non-hydrogen) atoms. The zero-order valence-electron chi connectivity index (χ0n) is 12.9. The molecule has 0 amide bonds. The van der Waals surface area contributed by atoms with Crippen LogP contribution in [0.1, 0.15) is 77.0 Å². The molecule has 0 aliphatic heterocycles. The van der Waals surface area contributed by atoms with E-state index in [1.54, 1.807) is 0 Å². The molecule has 0 rings (SSSR count). The molecule has 0 radical (unpaired) electrons. The van der Waals surface area contributed by atoms with Crippen LogP contribution in [0.3, 0.4) is 0 Å². The van der Waals surface area contributed by atoms with E-state index < -0.39 is 5.97 Å². The molecule has 0 aromatic carbocycles. The third-order valence-corrected chi connectivity index (χ3v) is 3.93. The van der Waals surface area contributed by atoms with Gasteiger partial charge < -0.3 is 9.90 Å². The summed E-state index contributed by atoms with van der Waals surface area (Å²) in [6.07, 6.45) is 16.3. The first kappa shape index (κ1) is 22.1. The van der Waals surface area contributed by atoms with Crippen molar-refractivity contribution < 1.29 is 39.5 Å². The third kappa shape index (κ3) is 21.3. The Morgan fingerprint density at radius 3 is 1.53 bits per heavy atom. The molecular formula is C15H29NaO2S.